The predicted molar refractivity (Wildman–Crippen MR) is 102 cm³/mol. The lowest BCUT2D eigenvalue weighted by atomic mass is 9.98. The Morgan fingerprint density at radius 1 is 1.16 bits per heavy atom. The molecule has 0 amide bonds. The number of hydrogen-bond acceptors (Lipinski definition) is 5. The van der Waals surface area contributed by atoms with E-state index in [4.69, 9.17) is 5.73 Å². The maximum Gasteiger partial charge on any atom is 0.163 e. The number of nitrogens with two attached hydrogens (primary N) is 1. The van der Waals surface area contributed by atoms with Crippen molar-refractivity contribution in [2.75, 3.05) is 12.8 Å². The lowest BCUT2D eigenvalue weighted by Gasteiger charge is -2.14. The molecule has 128 valence electrons. The largest absolute Gasteiger partial charge is 0.383 e. The first kappa shape index (κ1) is 16.8. The van der Waals surface area contributed by atoms with E-state index in [1.807, 2.05) is 36.9 Å². The summed E-state index contributed by atoms with van der Waals surface area (Å²) in [7, 11) is 1.82. The number of allylic oxidation sites excluding steroid dienone is 2. The van der Waals surface area contributed by atoms with Gasteiger partial charge in [-0.1, -0.05) is 35.9 Å². The van der Waals surface area contributed by atoms with E-state index in [-0.39, 0.29) is 0 Å². The van der Waals surface area contributed by atoms with Crippen LogP contribution in [0.2, 0.25) is 0 Å². The Hall–Kier alpha value is -3.02. The highest BCUT2D eigenvalue weighted by Gasteiger charge is 2.17. The SMILES string of the molecule is C/N=C(\C(Cn1nc(C)c2c(N)ncnc21)=C(C)C)c1ccccc1. The quantitative estimate of drug-likeness (QED) is 0.743. The van der Waals surface area contributed by atoms with Crippen LogP contribution in [-0.4, -0.2) is 32.5 Å². The topological polar surface area (TPSA) is 82.0 Å². The first-order valence-electron chi connectivity index (χ1n) is 8.15. The third-order valence-electron chi connectivity index (χ3n) is 4.20. The van der Waals surface area contributed by atoms with Crippen LogP contribution >= 0.6 is 0 Å². The van der Waals surface area contributed by atoms with Crippen molar-refractivity contribution in [3.63, 3.8) is 0 Å². The van der Waals surface area contributed by atoms with Crippen LogP contribution in [0, 0.1) is 6.92 Å². The van der Waals surface area contributed by atoms with Gasteiger partial charge in [-0.25, -0.2) is 14.6 Å². The van der Waals surface area contributed by atoms with Crippen molar-refractivity contribution in [2.45, 2.75) is 27.3 Å². The zero-order valence-electron chi connectivity index (χ0n) is 15.0. The number of benzene rings is 1. The van der Waals surface area contributed by atoms with Crippen molar-refractivity contribution in [1.82, 2.24) is 19.7 Å². The van der Waals surface area contributed by atoms with Gasteiger partial charge in [0.25, 0.3) is 0 Å². The minimum atomic E-state index is 0.458. The minimum absolute atomic E-state index is 0.458. The molecule has 3 rings (SSSR count). The van der Waals surface area contributed by atoms with Gasteiger partial charge in [0, 0.05) is 7.05 Å². The molecule has 0 bridgehead atoms. The van der Waals surface area contributed by atoms with Gasteiger partial charge in [-0.15, -0.1) is 0 Å². The molecular weight excluding hydrogens is 312 g/mol. The van der Waals surface area contributed by atoms with Gasteiger partial charge in [0.1, 0.15) is 12.1 Å². The van der Waals surface area contributed by atoms with E-state index in [9.17, 15) is 0 Å². The fraction of sp³-hybridized carbons (Fsp3) is 0.263. The van der Waals surface area contributed by atoms with Gasteiger partial charge in [-0.3, -0.25) is 4.99 Å². The van der Waals surface area contributed by atoms with Gasteiger partial charge in [0.05, 0.1) is 23.3 Å². The predicted octanol–water partition coefficient (Wildman–Crippen LogP) is 3.17. The number of aliphatic imine (C=N–C) groups is 1. The smallest absolute Gasteiger partial charge is 0.163 e. The molecule has 0 unspecified atom stereocenters. The Morgan fingerprint density at radius 2 is 1.88 bits per heavy atom. The summed E-state index contributed by atoms with van der Waals surface area (Å²) in [5, 5.41) is 5.44. The molecule has 25 heavy (non-hydrogen) atoms. The molecule has 0 fully saturated rings. The van der Waals surface area contributed by atoms with Crippen LogP contribution in [0.1, 0.15) is 25.1 Å². The van der Waals surface area contributed by atoms with Crippen molar-refractivity contribution in [2.24, 2.45) is 4.99 Å². The van der Waals surface area contributed by atoms with E-state index in [1.54, 1.807) is 0 Å². The number of nitrogen functional groups attached to an aromatic ring is 1. The lowest BCUT2D eigenvalue weighted by Crippen LogP contribution is -2.14. The fourth-order valence-electron chi connectivity index (χ4n) is 2.97. The molecule has 2 aromatic heterocycles. The van der Waals surface area contributed by atoms with Crippen molar-refractivity contribution in [3.05, 3.63) is 59.1 Å². The third-order valence-corrected chi connectivity index (χ3v) is 4.20. The number of aryl methyl sites for hydroxylation is 1. The van der Waals surface area contributed by atoms with Crippen LogP contribution in [0.3, 0.4) is 0 Å². The second-order valence-corrected chi connectivity index (χ2v) is 6.12. The molecule has 0 saturated carbocycles. The molecule has 2 heterocycles. The summed E-state index contributed by atoms with van der Waals surface area (Å²) in [5.74, 6) is 0.458. The number of anilines is 1. The molecule has 0 aliphatic rings. The normalized spacial score (nSPS) is 11.8. The second-order valence-electron chi connectivity index (χ2n) is 6.12. The molecule has 0 radical (unpaired) electrons. The van der Waals surface area contributed by atoms with Crippen LogP contribution in [0.25, 0.3) is 11.0 Å². The van der Waals surface area contributed by atoms with Gasteiger partial charge >= 0.3 is 0 Å². The number of rotatable bonds is 4. The van der Waals surface area contributed by atoms with Crippen LogP contribution in [-0.2, 0) is 6.54 Å². The van der Waals surface area contributed by atoms with E-state index in [2.05, 4.69) is 46.0 Å². The zero-order chi connectivity index (χ0) is 18.0. The van der Waals surface area contributed by atoms with E-state index < -0.39 is 0 Å². The van der Waals surface area contributed by atoms with Crippen molar-refractivity contribution in [3.8, 4) is 0 Å². The molecule has 6 nitrogen and oxygen atoms in total. The van der Waals surface area contributed by atoms with Crippen LogP contribution < -0.4 is 5.73 Å². The summed E-state index contributed by atoms with van der Waals surface area (Å²) in [4.78, 5) is 13.0. The standard InChI is InChI=1S/C19H22N6/c1-12(2)15(17(21-4)14-8-6-5-7-9-14)10-25-19-16(13(3)24-25)18(20)22-11-23-19/h5-9,11H,10H2,1-4H3,(H2,20,22,23)/b21-17-. The number of nitrogens with zero attached hydrogens (tertiary/aromatic N) is 5. The maximum atomic E-state index is 6.00. The molecule has 0 atom stereocenters. The maximum absolute atomic E-state index is 6.00. The summed E-state index contributed by atoms with van der Waals surface area (Å²) in [6.45, 7) is 6.67. The van der Waals surface area contributed by atoms with Crippen LogP contribution in [0.4, 0.5) is 5.82 Å². The summed E-state index contributed by atoms with van der Waals surface area (Å²) >= 11 is 0. The van der Waals surface area contributed by atoms with Gasteiger partial charge in [-0.2, -0.15) is 5.10 Å². The Bertz CT molecular complexity index is 962. The van der Waals surface area contributed by atoms with Crippen molar-refractivity contribution in [1.29, 1.82) is 0 Å². The molecule has 0 aliphatic carbocycles. The average Bonchev–Trinajstić information content (AvgIpc) is 2.92. The lowest BCUT2D eigenvalue weighted by molar-refractivity contribution is 0.695. The minimum Gasteiger partial charge on any atom is -0.383 e. The van der Waals surface area contributed by atoms with Gasteiger partial charge < -0.3 is 5.73 Å². The zero-order valence-corrected chi connectivity index (χ0v) is 15.0. The molecule has 0 aliphatic heterocycles. The summed E-state index contributed by atoms with van der Waals surface area (Å²) in [6.07, 6.45) is 1.48. The average molecular weight is 334 g/mol. The summed E-state index contributed by atoms with van der Waals surface area (Å²) in [6, 6.07) is 10.2. The molecular formula is C19H22N6. The number of fused-ring (bicyclic) bond motifs is 1. The van der Waals surface area contributed by atoms with Crippen LogP contribution in [0.5, 0.6) is 0 Å². The van der Waals surface area contributed by atoms with E-state index in [1.165, 1.54) is 11.9 Å². The van der Waals surface area contributed by atoms with Gasteiger partial charge in [0.15, 0.2) is 5.65 Å². The highest BCUT2D eigenvalue weighted by atomic mass is 15.3. The Balaban J connectivity index is 2.08. The first-order valence-corrected chi connectivity index (χ1v) is 8.15. The van der Waals surface area contributed by atoms with Gasteiger partial charge in [0.2, 0.25) is 0 Å². The fourth-order valence-corrected chi connectivity index (χ4v) is 2.97. The van der Waals surface area contributed by atoms with Crippen LogP contribution in [0.15, 0.2) is 52.8 Å². The second kappa shape index (κ2) is 6.84. The number of aromatic nitrogens is 4. The van der Waals surface area contributed by atoms with E-state index in [0.717, 1.165) is 33.6 Å². The van der Waals surface area contributed by atoms with E-state index >= 15 is 0 Å². The highest BCUT2D eigenvalue weighted by Crippen LogP contribution is 2.23. The molecule has 6 heteroatoms. The first-order chi connectivity index (χ1) is 12.0. The highest BCUT2D eigenvalue weighted by molar-refractivity contribution is 6.13. The summed E-state index contributed by atoms with van der Waals surface area (Å²) in [5.41, 5.74) is 11.9. The third kappa shape index (κ3) is 3.15. The molecule has 2 N–H and O–H groups in total. The van der Waals surface area contributed by atoms with Crippen molar-refractivity contribution >= 4 is 22.6 Å². The molecule has 3 aromatic rings. The monoisotopic (exact) mass is 334 g/mol. The van der Waals surface area contributed by atoms with Crippen molar-refractivity contribution < 1.29 is 0 Å². The molecule has 1 aromatic carbocycles. The van der Waals surface area contributed by atoms with E-state index in [0.29, 0.717) is 12.4 Å². The Labute approximate surface area is 147 Å². The Kier molecular flexibility index (Phi) is 4.61. The Morgan fingerprint density at radius 3 is 2.52 bits per heavy atom. The van der Waals surface area contributed by atoms with Gasteiger partial charge in [-0.05, 0) is 31.9 Å². The number of hydrogen-bond donors (Lipinski definition) is 1. The molecule has 0 saturated heterocycles. The summed E-state index contributed by atoms with van der Waals surface area (Å²) < 4.78 is 1.87. The molecule has 0 spiro atoms.